The molecule has 10 heteroatoms. The van der Waals surface area contributed by atoms with Gasteiger partial charge in [-0.15, -0.1) is 10.2 Å². The molecule has 3 aromatic rings. The number of benzene rings is 2. The molecule has 1 N–H and O–H groups in total. The number of nitrogens with zero attached hydrogens (tertiary/aromatic N) is 3. The van der Waals surface area contributed by atoms with Crippen molar-refractivity contribution in [2.75, 3.05) is 7.11 Å². The van der Waals surface area contributed by atoms with E-state index in [4.69, 9.17) is 16.3 Å². The Bertz CT molecular complexity index is 1170. The van der Waals surface area contributed by atoms with Gasteiger partial charge in [-0.3, -0.25) is 14.9 Å². The molecule has 0 aliphatic heterocycles. The number of ketones is 1. The summed E-state index contributed by atoms with van der Waals surface area (Å²) in [5.41, 5.74) is 0.844. The maximum absolute atomic E-state index is 13.1. The van der Waals surface area contributed by atoms with Crippen molar-refractivity contribution in [2.24, 2.45) is 10.2 Å². The Morgan fingerprint density at radius 2 is 1.73 bits per heavy atom. The van der Waals surface area contributed by atoms with Gasteiger partial charge in [-0.25, -0.2) is 4.79 Å². The number of azo groups is 1. The summed E-state index contributed by atoms with van der Waals surface area (Å²) in [7, 11) is 1.19. The summed E-state index contributed by atoms with van der Waals surface area (Å²) in [5, 5.41) is 19.0. The summed E-state index contributed by atoms with van der Waals surface area (Å²) in [6, 6.07) is 11.8. The van der Waals surface area contributed by atoms with Crippen LogP contribution in [0.1, 0.15) is 32.0 Å². The van der Waals surface area contributed by atoms with Gasteiger partial charge in [0.2, 0.25) is 0 Å². The van der Waals surface area contributed by atoms with E-state index < -0.39 is 16.7 Å². The lowest BCUT2D eigenvalue weighted by molar-refractivity contribution is -0.384. The van der Waals surface area contributed by atoms with Gasteiger partial charge < -0.3 is 9.72 Å². The number of rotatable bonds is 6. The molecule has 0 bridgehead atoms. The topological polar surface area (TPSA) is 127 Å². The summed E-state index contributed by atoms with van der Waals surface area (Å²) >= 11 is 6.13. The van der Waals surface area contributed by atoms with Gasteiger partial charge in [0.25, 0.3) is 5.69 Å². The molecule has 152 valence electrons. The molecule has 1 heterocycles. The minimum absolute atomic E-state index is 0.0214. The highest BCUT2D eigenvalue weighted by atomic mass is 35.5. The fourth-order valence-electron chi connectivity index (χ4n) is 2.80. The zero-order valence-electron chi connectivity index (χ0n) is 15.9. The Hall–Kier alpha value is -3.85. The molecule has 9 nitrogen and oxygen atoms in total. The van der Waals surface area contributed by atoms with Crippen LogP contribution in [0.4, 0.5) is 17.2 Å². The fraction of sp³-hybridized carbons (Fsp3) is 0.100. The number of nitrogens with one attached hydrogen (secondary N) is 1. The summed E-state index contributed by atoms with van der Waals surface area (Å²) in [6.45, 7) is 1.61. The first-order valence-corrected chi connectivity index (χ1v) is 8.97. The largest absolute Gasteiger partial charge is 0.465 e. The number of H-pyrrole nitrogens is 1. The number of carbonyl (C=O) groups excluding carboxylic acids is 2. The highest BCUT2D eigenvalue weighted by molar-refractivity contribution is 6.35. The minimum atomic E-state index is -0.771. The zero-order valence-corrected chi connectivity index (χ0v) is 16.6. The highest BCUT2D eigenvalue weighted by Gasteiger charge is 2.28. The number of nitro benzene ring substituents is 1. The number of halogens is 1. The number of esters is 1. The normalized spacial score (nSPS) is 10.9. The van der Waals surface area contributed by atoms with Crippen LogP contribution in [0.5, 0.6) is 0 Å². The number of nitro groups is 1. The number of aromatic amines is 1. The van der Waals surface area contributed by atoms with Crippen LogP contribution in [0.25, 0.3) is 0 Å². The van der Waals surface area contributed by atoms with Crippen molar-refractivity contribution < 1.29 is 19.2 Å². The average molecular weight is 427 g/mol. The number of methoxy groups -OCH3 is 1. The number of aryl methyl sites for hydroxylation is 1. The quantitative estimate of drug-likeness (QED) is 0.187. The van der Waals surface area contributed by atoms with E-state index in [1.54, 1.807) is 31.2 Å². The molecule has 0 amide bonds. The molecule has 30 heavy (non-hydrogen) atoms. The molecule has 0 atom stereocenters. The van der Waals surface area contributed by atoms with Crippen molar-refractivity contribution in [1.29, 1.82) is 0 Å². The monoisotopic (exact) mass is 426 g/mol. The molecule has 0 radical (unpaired) electrons. The first-order chi connectivity index (χ1) is 14.3. The molecule has 0 spiro atoms. The summed E-state index contributed by atoms with van der Waals surface area (Å²) in [6.07, 6.45) is 0. The lowest BCUT2D eigenvalue weighted by atomic mass is 9.99. The van der Waals surface area contributed by atoms with Gasteiger partial charge in [0.15, 0.2) is 11.6 Å². The Morgan fingerprint density at radius 1 is 1.07 bits per heavy atom. The van der Waals surface area contributed by atoms with Crippen LogP contribution < -0.4 is 0 Å². The maximum atomic E-state index is 13.1. The van der Waals surface area contributed by atoms with Crippen LogP contribution in [-0.4, -0.2) is 28.8 Å². The van der Waals surface area contributed by atoms with E-state index in [1.807, 2.05) is 0 Å². The molecule has 0 unspecified atom stereocenters. The van der Waals surface area contributed by atoms with Gasteiger partial charge in [-0.1, -0.05) is 23.7 Å². The Balaban J connectivity index is 2.05. The van der Waals surface area contributed by atoms with E-state index in [9.17, 15) is 19.7 Å². The third-order valence-corrected chi connectivity index (χ3v) is 4.56. The molecule has 0 saturated carbocycles. The molecular formula is C20H15ClN4O5. The van der Waals surface area contributed by atoms with Crippen LogP contribution in [0, 0.1) is 17.0 Å². The molecule has 0 saturated heterocycles. The van der Waals surface area contributed by atoms with Crippen LogP contribution in [0.15, 0.2) is 58.8 Å². The SMILES string of the molecule is COC(=O)c1c(N=Nc2ccc([N+](=O)[O-])cc2)[nH]c(C)c1C(=O)c1ccccc1Cl. The molecule has 3 rings (SSSR count). The van der Waals surface area contributed by atoms with Crippen molar-refractivity contribution in [3.8, 4) is 0 Å². The smallest absolute Gasteiger partial charge is 0.342 e. The number of ether oxygens (including phenoxy) is 1. The fourth-order valence-corrected chi connectivity index (χ4v) is 3.02. The van der Waals surface area contributed by atoms with Gasteiger partial charge in [-0.2, -0.15) is 0 Å². The van der Waals surface area contributed by atoms with Gasteiger partial charge in [0.1, 0.15) is 5.56 Å². The highest BCUT2D eigenvalue weighted by Crippen LogP contribution is 2.31. The van der Waals surface area contributed by atoms with Crippen molar-refractivity contribution in [2.45, 2.75) is 6.92 Å². The van der Waals surface area contributed by atoms with Gasteiger partial charge in [-0.05, 0) is 31.2 Å². The first kappa shape index (κ1) is 20.9. The molecule has 1 aromatic heterocycles. The average Bonchev–Trinajstić information content (AvgIpc) is 3.07. The second-order valence-electron chi connectivity index (χ2n) is 6.12. The summed E-state index contributed by atoms with van der Waals surface area (Å²) < 4.78 is 4.82. The second kappa shape index (κ2) is 8.66. The number of hydrogen-bond donors (Lipinski definition) is 1. The Kier molecular flexibility index (Phi) is 6.03. The number of aromatic nitrogens is 1. The van der Waals surface area contributed by atoms with Gasteiger partial charge in [0.05, 0.1) is 28.3 Å². The van der Waals surface area contributed by atoms with Crippen molar-refractivity contribution in [3.05, 3.63) is 86.1 Å². The third-order valence-electron chi connectivity index (χ3n) is 4.23. The van der Waals surface area contributed by atoms with Crippen molar-refractivity contribution in [3.63, 3.8) is 0 Å². The van der Waals surface area contributed by atoms with E-state index in [-0.39, 0.29) is 33.2 Å². The maximum Gasteiger partial charge on any atom is 0.342 e. The first-order valence-electron chi connectivity index (χ1n) is 8.59. The van der Waals surface area contributed by atoms with Crippen molar-refractivity contribution in [1.82, 2.24) is 4.98 Å². The van der Waals surface area contributed by atoms with E-state index in [0.717, 1.165) is 0 Å². The molecular weight excluding hydrogens is 412 g/mol. The van der Waals surface area contributed by atoms with Crippen LogP contribution >= 0.6 is 11.6 Å². The minimum Gasteiger partial charge on any atom is -0.465 e. The van der Waals surface area contributed by atoms with Gasteiger partial charge in [0, 0.05) is 23.4 Å². The predicted octanol–water partition coefficient (Wildman–Crippen LogP) is 5.32. The molecule has 0 fully saturated rings. The Morgan fingerprint density at radius 3 is 2.33 bits per heavy atom. The van der Waals surface area contributed by atoms with E-state index >= 15 is 0 Å². The van der Waals surface area contributed by atoms with Crippen LogP contribution in [0.2, 0.25) is 5.02 Å². The predicted molar refractivity (Wildman–Crippen MR) is 109 cm³/mol. The van der Waals surface area contributed by atoms with Crippen LogP contribution in [-0.2, 0) is 4.74 Å². The number of hydrogen-bond acceptors (Lipinski definition) is 7. The molecule has 0 aliphatic carbocycles. The summed E-state index contributed by atoms with van der Waals surface area (Å²) in [5.74, 6) is -1.22. The molecule has 2 aromatic carbocycles. The zero-order chi connectivity index (χ0) is 21.8. The number of non-ortho nitro benzene ring substituents is 1. The van der Waals surface area contributed by atoms with Gasteiger partial charge >= 0.3 is 5.97 Å². The van der Waals surface area contributed by atoms with E-state index in [1.165, 1.54) is 31.4 Å². The second-order valence-corrected chi connectivity index (χ2v) is 6.53. The lowest BCUT2D eigenvalue weighted by Crippen LogP contribution is -2.10. The van der Waals surface area contributed by atoms with Crippen molar-refractivity contribution >= 4 is 40.5 Å². The van der Waals surface area contributed by atoms with E-state index in [2.05, 4.69) is 15.2 Å². The molecule has 0 aliphatic rings. The van der Waals surface area contributed by atoms with Crippen LogP contribution in [0.3, 0.4) is 0 Å². The lowest BCUT2D eigenvalue weighted by Gasteiger charge is -2.06. The standard InChI is InChI=1S/C20H15ClN4O5/c1-11-16(18(26)14-5-3-4-6-15(14)21)17(20(27)30-2)19(22-11)24-23-12-7-9-13(10-8-12)25(28)29/h3-10,22H,1-2H3. The third kappa shape index (κ3) is 4.11. The van der Waals surface area contributed by atoms with E-state index in [0.29, 0.717) is 11.4 Å². The number of carbonyl (C=O) groups is 2. The summed E-state index contributed by atoms with van der Waals surface area (Å²) in [4.78, 5) is 38.6. The Labute approximate surface area is 175 Å².